The Morgan fingerprint density at radius 3 is 2.72 bits per heavy atom. The van der Waals surface area contributed by atoms with Crippen molar-refractivity contribution < 1.29 is 9.90 Å². The number of hydrogen-bond acceptors (Lipinski definition) is 2. The van der Waals surface area contributed by atoms with Crippen molar-refractivity contribution in [3.8, 4) is 0 Å². The third-order valence-corrected chi connectivity index (χ3v) is 3.64. The third kappa shape index (κ3) is 2.52. The van der Waals surface area contributed by atoms with Gasteiger partial charge in [0, 0.05) is 0 Å². The number of hydrogen-bond donors (Lipinski definition) is 1. The van der Waals surface area contributed by atoms with E-state index in [2.05, 4.69) is 0 Å². The molecule has 98 valence electrons. The van der Waals surface area contributed by atoms with Gasteiger partial charge in [0.1, 0.15) is 0 Å². The smallest absolute Gasteiger partial charge is 0.255 e. The molecule has 1 amide bonds. The number of amides is 1. The number of β-amino-alcohol motifs (C(OH)–C–C–N with tert-alkyl or cyclic N) is 1. The fourth-order valence-electron chi connectivity index (χ4n) is 2.40. The Morgan fingerprint density at radius 2 is 2.17 bits per heavy atom. The number of aryl methyl sites for hydroxylation is 1. The Morgan fingerprint density at radius 1 is 1.50 bits per heavy atom. The minimum Gasteiger partial charge on any atom is -0.386 e. The Kier molecular flexibility index (Phi) is 3.64. The highest BCUT2D eigenvalue weighted by Crippen LogP contribution is 2.29. The molecule has 1 aliphatic heterocycles. The summed E-state index contributed by atoms with van der Waals surface area (Å²) in [4.78, 5) is 13.8. The molecule has 0 unspecified atom stereocenters. The molecule has 0 spiro atoms. The van der Waals surface area contributed by atoms with E-state index in [1.165, 1.54) is 0 Å². The van der Waals surface area contributed by atoms with E-state index in [-0.39, 0.29) is 5.91 Å². The molecule has 1 saturated heterocycles. The van der Waals surface area contributed by atoms with Crippen LogP contribution in [0.3, 0.4) is 0 Å². The number of rotatable bonds is 3. The molecule has 1 fully saturated rings. The van der Waals surface area contributed by atoms with Crippen LogP contribution in [-0.4, -0.2) is 34.6 Å². The normalized spacial score (nSPS) is 17.4. The van der Waals surface area contributed by atoms with Gasteiger partial charge in [-0.05, 0) is 31.0 Å². The summed E-state index contributed by atoms with van der Waals surface area (Å²) in [5.74, 6) is -0.0965. The second-order valence-electron chi connectivity index (χ2n) is 5.12. The molecule has 1 aliphatic rings. The van der Waals surface area contributed by atoms with Crippen LogP contribution in [0.5, 0.6) is 0 Å². The number of aliphatic hydroxyl groups is 1. The molecule has 1 heterocycles. The quantitative estimate of drug-likeness (QED) is 0.915. The van der Waals surface area contributed by atoms with Crippen LogP contribution in [0.1, 0.15) is 35.7 Å². The van der Waals surface area contributed by atoms with E-state index >= 15 is 0 Å². The molecule has 4 heteroatoms. The van der Waals surface area contributed by atoms with Gasteiger partial charge >= 0.3 is 0 Å². The summed E-state index contributed by atoms with van der Waals surface area (Å²) in [6.07, 6.45) is 1.65. The zero-order valence-electron chi connectivity index (χ0n) is 10.7. The van der Waals surface area contributed by atoms with E-state index in [0.717, 1.165) is 18.4 Å². The summed E-state index contributed by atoms with van der Waals surface area (Å²) >= 11 is 6.07. The average Bonchev–Trinajstić information content (AvgIpc) is 2.25. The van der Waals surface area contributed by atoms with Crippen molar-refractivity contribution in [2.24, 2.45) is 0 Å². The number of halogens is 1. The molecule has 1 N–H and O–H groups in total. The van der Waals surface area contributed by atoms with Gasteiger partial charge in [-0.25, -0.2) is 0 Å². The van der Waals surface area contributed by atoms with Crippen LogP contribution >= 0.6 is 11.6 Å². The van der Waals surface area contributed by atoms with Gasteiger partial charge in [0.05, 0.1) is 29.3 Å². The molecule has 0 radical (unpaired) electrons. The van der Waals surface area contributed by atoms with Crippen molar-refractivity contribution in [3.63, 3.8) is 0 Å². The van der Waals surface area contributed by atoms with Crippen LogP contribution < -0.4 is 0 Å². The number of carbonyl (C=O) groups excluding carboxylic acids is 1. The highest BCUT2D eigenvalue weighted by molar-refractivity contribution is 6.33. The molecular weight excluding hydrogens is 250 g/mol. The first-order valence-electron chi connectivity index (χ1n) is 6.23. The second kappa shape index (κ2) is 4.90. The lowest BCUT2D eigenvalue weighted by molar-refractivity contribution is -0.0860. The van der Waals surface area contributed by atoms with Crippen LogP contribution in [0, 0.1) is 6.92 Å². The van der Waals surface area contributed by atoms with E-state index in [0.29, 0.717) is 23.7 Å². The minimum atomic E-state index is -0.693. The highest BCUT2D eigenvalue weighted by atomic mass is 35.5. The molecular formula is C14H18ClNO2. The molecule has 3 nitrogen and oxygen atoms in total. The first-order valence-corrected chi connectivity index (χ1v) is 6.61. The van der Waals surface area contributed by atoms with Crippen LogP contribution in [-0.2, 0) is 0 Å². The molecule has 0 saturated carbocycles. The number of likely N-dealkylation sites (tertiary alicyclic amines) is 1. The number of benzene rings is 1. The van der Waals surface area contributed by atoms with Crippen LogP contribution in [0.25, 0.3) is 0 Å². The predicted octanol–water partition coefficient (Wildman–Crippen LogP) is 2.64. The Hall–Kier alpha value is -1.06. The monoisotopic (exact) mass is 267 g/mol. The van der Waals surface area contributed by atoms with Crippen LogP contribution in [0.4, 0.5) is 0 Å². The van der Waals surface area contributed by atoms with Crippen molar-refractivity contribution in [3.05, 3.63) is 34.3 Å². The zero-order chi connectivity index (χ0) is 13.3. The van der Waals surface area contributed by atoms with Gasteiger partial charge in [-0.3, -0.25) is 4.79 Å². The lowest BCUT2D eigenvalue weighted by Crippen LogP contribution is -2.63. The molecule has 18 heavy (non-hydrogen) atoms. The SMILES string of the molecule is CCCC1(O)CN(C(=O)c2ccc(C)cc2Cl)C1. The second-order valence-corrected chi connectivity index (χ2v) is 5.53. The molecule has 2 rings (SSSR count). The topological polar surface area (TPSA) is 40.5 Å². The Balaban J connectivity index is 2.06. The van der Waals surface area contributed by atoms with Crippen molar-refractivity contribution >= 4 is 17.5 Å². The summed E-state index contributed by atoms with van der Waals surface area (Å²) in [7, 11) is 0. The van der Waals surface area contributed by atoms with Gasteiger partial charge in [-0.15, -0.1) is 0 Å². The Bertz CT molecular complexity index is 467. The standard InChI is InChI=1S/C14H18ClNO2/c1-3-6-14(18)8-16(9-14)13(17)11-5-4-10(2)7-12(11)15/h4-5,7,18H,3,6,8-9H2,1-2H3. The summed E-state index contributed by atoms with van der Waals surface area (Å²) in [5.41, 5.74) is 0.852. The van der Waals surface area contributed by atoms with E-state index in [1.54, 1.807) is 17.0 Å². The molecule has 0 aliphatic carbocycles. The molecule has 1 aromatic rings. The summed E-state index contributed by atoms with van der Waals surface area (Å²) < 4.78 is 0. The third-order valence-electron chi connectivity index (χ3n) is 3.33. The number of carbonyl (C=O) groups is 1. The van der Waals surface area contributed by atoms with Crippen molar-refractivity contribution in [2.75, 3.05) is 13.1 Å². The summed E-state index contributed by atoms with van der Waals surface area (Å²) in [5, 5.41) is 10.5. The maximum atomic E-state index is 12.2. The van der Waals surface area contributed by atoms with E-state index in [9.17, 15) is 9.90 Å². The van der Waals surface area contributed by atoms with E-state index < -0.39 is 5.60 Å². The van der Waals surface area contributed by atoms with Gasteiger partial charge < -0.3 is 10.0 Å². The lowest BCUT2D eigenvalue weighted by Gasteiger charge is -2.46. The van der Waals surface area contributed by atoms with Crippen molar-refractivity contribution in [2.45, 2.75) is 32.3 Å². The fraction of sp³-hybridized carbons (Fsp3) is 0.500. The molecule has 0 aromatic heterocycles. The van der Waals surface area contributed by atoms with Gasteiger partial charge in [0.25, 0.3) is 5.91 Å². The predicted molar refractivity (Wildman–Crippen MR) is 72.0 cm³/mol. The van der Waals surface area contributed by atoms with Gasteiger partial charge in [0.2, 0.25) is 0 Å². The molecule has 0 bridgehead atoms. The first kappa shape index (κ1) is 13.4. The minimum absolute atomic E-state index is 0.0965. The average molecular weight is 268 g/mol. The largest absolute Gasteiger partial charge is 0.386 e. The van der Waals surface area contributed by atoms with Crippen LogP contribution in [0.15, 0.2) is 18.2 Å². The van der Waals surface area contributed by atoms with Gasteiger partial charge in [0.15, 0.2) is 0 Å². The fourth-order valence-corrected chi connectivity index (χ4v) is 2.71. The van der Waals surface area contributed by atoms with Crippen molar-refractivity contribution in [1.29, 1.82) is 0 Å². The maximum absolute atomic E-state index is 12.2. The Labute approximate surface area is 112 Å². The van der Waals surface area contributed by atoms with Gasteiger partial charge in [-0.2, -0.15) is 0 Å². The highest BCUT2D eigenvalue weighted by Gasteiger charge is 2.43. The van der Waals surface area contributed by atoms with E-state index in [1.807, 2.05) is 19.9 Å². The van der Waals surface area contributed by atoms with E-state index in [4.69, 9.17) is 11.6 Å². The molecule has 0 atom stereocenters. The van der Waals surface area contributed by atoms with Crippen LogP contribution in [0.2, 0.25) is 5.02 Å². The molecule has 1 aromatic carbocycles. The first-order chi connectivity index (χ1) is 8.45. The zero-order valence-corrected chi connectivity index (χ0v) is 11.5. The summed E-state index contributed by atoms with van der Waals surface area (Å²) in [6.45, 7) is 4.77. The summed E-state index contributed by atoms with van der Waals surface area (Å²) in [6, 6.07) is 5.40. The maximum Gasteiger partial charge on any atom is 0.255 e. The number of nitrogens with zero attached hydrogens (tertiary/aromatic N) is 1. The van der Waals surface area contributed by atoms with Crippen molar-refractivity contribution in [1.82, 2.24) is 4.90 Å². The lowest BCUT2D eigenvalue weighted by atomic mass is 9.88. The van der Waals surface area contributed by atoms with Gasteiger partial charge in [-0.1, -0.05) is 31.0 Å².